The van der Waals surface area contributed by atoms with Crippen LogP contribution in [-0.4, -0.2) is 22.3 Å². The van der Waals surface area contributed by atoms with Crippen molar-refractivity contribution in [3.05, 3.63) is 52.9 Å². The highest BCUT2D eigenvalue weighted by Gasteiger charge is 2.15. The van der Waals surface area contributed by atoms with Gasteiger partial charge in [-0.2, -0.15) is 5.10 Å². The van der Waals surface area contributed by atoms with E-state index in [1.807, 2.05) is 0 Å². The van der Waals surface area contributed by atoms with Crippen molar-refractivity contribution in [1.29, 1.82) is 0 Å². The van der Waals surface area contributed by atoms with E-state index in [0.29, 0.717) is 18.8 Å². The molecule has 0 bridgehead atoms. The second-order valence-corrected chi connectivity index (χ2v) is 5.16. The number of nitrogens with one attached hydrogen (secondary N) is 1. The van der Waals surface area contributed by atoms with Crippen molar-refractivity contribution in [2.45, 2.75) is 26.1 Å². The maximum Gasteiger partial charge on any atom is 0.241 e. The fraction of sp³-hybridized carbons (Fsp3) is 0.333. The first-order chi connectivity index (χ1) is 10.6. The van der Waals surface area contributed by atoms with E-state index in [2.05, 4.69) is 10.4 Å². The number of amides is 1. The molecule has 0 saturated carbocycles. The molecule has 0 fully saturated rings. The zero-order chi connectivity index (χ0) is 15.5. The molecule has 0 aliphatic carbocycles. The van der Waals surface area contributed by atoms with Gasteiger partial charge in [-0.25, -0.2) is 8.78 Å². The minimum absolute atomic E-state index is 0.0603. The summed E-state index contributed by atoms with van der Waals surface area (Å²) in [4.78, 5) is 11.9. The molecule has 0 unspecified atom stereocenters. The molecule has 0 saturated heterocycles. The molecule has 3 rings (SSSR count). The molecule has 1 aliphatic rings. The molecule has 116 valence electrons. The molecule has 22 heavy (non-hydrogen) atoms. The molecule has 1 aromatic carbocycles. The molecule has 1 aliphatic heterocycles. The summed E-state index contributed by atoms with van der Waals surface area (Å²) in [5, 5.41) is 6.95. The van der Waals surface area contributed by atoms with Crippen molar-refractivity contribution >= 4 is 5.91 Å². The maximum atomic E-state index is 13.1. The highest BCUT2D eigenvalue weighted by atomic mass is 19.1. The van der Waals surface area contributed by atoms with Gasteiger partial charge in [0.15, 0.2) is 0 Å². The fourth-order valence-corrected chi connectivity index (χ4v) is 2.38. The van der Waals surface area contributed by atoms with Crippen molar-refractivity contribution < 1.29 is 18.3 Å². The predicted octanol–water partition coefficient (Wildman–Crippen LogP) is 1.55. The smallest absolute Gasteiger partial charge is 0.241 e. The van der Waals surface area contributed by atoms with E-state index in [-0.39, 0.29) is 19.0 Å². The molecule has 2 heterocycles. The van der Waals surface area contributed by atoms with Crippen LogP contribution in [0.1, 0.15) is 16.8 Å². The lowest BCUT2D eigenvalue weighted by Crippen LogP contribution is -2.27. The third kappa shape index (κ3) is 3.48. The summed E-state index contributed by atoms with van der Waals surface area (Å²) in [6.07, 6.45) is 2.53. The average Bonchev–Trinajstić information content (AvgIpc) is 2.86. The molecule has 1 amide bonds. The Balaban J connectivity index is 1.57. The maximum absolute atomic E-state index is 13.1. The summed E-state index contributed by atoms with van der Waals surface area (Å²) in [6, 6.07) is 3.17. The molecule has 7 heteroatoms. The van der Waals surface area contributed by atoms with Crippen LogP contribution < -0.4 is 5.32 Å². The summed E-state index contributed by atoms with van der Waals surface area (Å²) in [7, 11) is 0. The number of carbonyl (C=O) groups is 1. The molecule has 1 N–H and O–H groups in total. The van der Waals surface area contributed by atoms with Crippen LogP contribution in [0.2, 0.25) is 0 Å². The molecular weight excluding hydrogens is 292 g/mol. The number of nitrogens with zero attached hydrogens (tertiary/aromatic N) is 2. The lowest BCUT2D eigenvalue weighted by atomic mass is 10.2. The van der Waals surface area contributed by atoms with Crippen LogP contribution in [0.4, 0.5) is 8.78 Å². The number of aromatic nitrogens is 2. The van der Waals surface area contributed by atoms with E-state index >= 15 is 0 Å². The normalized spacial score (nSPS) is 13.7. The van der Waals surface area contributed by atoms with Crippen molar-refractivity contribution in [3.8, 4) is 0 Å². The number of carbonyl (C=O) groups excluding carboxylic acids is 1. The third-order valence-electron chi connectivity index (χ3n) is 3.38. The van der Waals surface area contributed by atoms with Gasteiger partial charge in [0, 0.05) is 30.8 Å². The zero-order valence-corrected chi connectivity index (χ0v) is 11.8. The Morgan fingerprint density at radius 1 is 1.32 bits per heavy atom. The third-order valence-corrected chi connectivity index (χ3v) is 3.38. The first-order valence-electron chi connectivity index (χ1n) is 6.95. The van der Waals surface area contributed by atoms with Crippen molar-refractivity contribution in [2.75, 3.05) is 6.61 Å². The Morgan fingerprint density at radius 2 is 2.09 bits per heavy atom. The summed E-state index contributed by atoms with van der Waals surface area (Å²) >= 11 is 0. The monoisotopic (exact) mass is 307 g/mol. The van der Waals surface area contributed by atoms with Gasteiger partial charge in [0.2, 0.25) is 5.91 Å². The van der Waals surface area contributed by atoms with Crippen LogP contribution in [0.5, 0.6) is 0 Å². The summed E-state index contributed by atoms with van der Waals surface area (Å²) in [5.41, 5.74) is 2.32. The Morgan fingerprint density at radius 3 is 2.82 bits per heavy atom. The first kappa shape index (κ1) is 14.6. The minimum atomic E-state index is -0.663. The molecule has 5 nitrogen and oxygen atoms in total. The number of hydrogen-bond acceptors (Lipinski definition) is 3. The number of hydrogen-bond donors (Lipinski definition) is 1. The summed E-state index contributed by atoms with van der Waals surface area (Å²) in [5.74, 6) is -1.60. The summed E-state index contributed by atoms with van der Waals surface area (Å²) < 4.78 is 33.0. The van der Waals surface area contributed by atoms with Gasteiger partial charge in [0.25, 0.3) is 0 Å². The van der Waals surface area contributed by atoms with Gasteiger partial charge >= 0.3 is 0 Å². The lowest BCUT2D eigenvalue weighted by molar-refractivity contribution is -0.122. The van der Waals surface area contributed by atoms with Gasteiger partial charge in [-0.05, 0) is 17.7 Å². The molecular formula is C15H15F2N3O2. The van der Waals surface area contributed by atoms with E-state index in [1.54, 1.807) is 10.9 Å². The Labute approximate surface area is 125 Å². The summed E-state index contributed by atoms with van der Waals surface area (Å²) in [6.45, 7) is 1.28. The lowest BCUT2D eigenvalue weighted by Gasteiger charge is -2.08. The topological polar surface area (TPSA) is 56.2 Å². The van der Waals surface area contributed by atoms with Crippen molar-refractivity contribution in [2.24, 2.45) is 0 Å². The number of benzene rings is 1. The van der Waals surface area contributed by atoms with Crippen LogP contribution in [0.3, 0.4) is 0 Å². The molecule has 0 radical (unpaired) electrons. The van der Waals surface area contributed by atoms with E-state index in [1.165, 1.54) is 12.1 Å². The average molecular weight is 307 g/mol. The van der Waals surface area contributed by atoms with Crippen LogP contribution in [0, 0.1) is 11.6 Å². The van der Waals surface area contributed by atoms with Gasteiger partial charge in [0.1, 0.15) is 18.2 Å². The predicted molar refractivity (Wildman–Crippen MR) is 73.8 cm³/mol. The van der Waals surface area contributed by atoms with E-state index in [9.17, 15) is 13.6 Å². The standard InChI is InChI=1S/C15H15F2N3O2/c16-12-3-10(4-13(17)5-12)6-18-15(21)8-20-7-11-9-22-2-1-14(11)19-20/h3-5,7H,1-2,6,8-9H2,(H,18,21). The minimum Gasteiger partial charge on any atom is -0.376 e. The second kappa shape index (κ2) is 6.23. The first-order valence-corrected chi connectivity index (χ1v) is 6.95. The largest absolute Gasteiger partial charge is 0.376 e. The number of rotatable bonds is 4. The van der Waals surface area contributed by atoms with Crippen molar-refractivity contribution in [3.63, 3.8) is 0 Å². The van der Waals surface area contributed by atoms with Gasteiger partial charge < -0.3 is 10.1 Å². The van der Waals surface area contributed by atoms with E-state index in [4.69, 9.17) is 4.74 Å². The highest BCUT2D eigenvalue weighted by Crippen LogP contribution is 2.14. The quantitative estimate of drug-likeness (QED) is 0.932. The Kier molecular flexibility index (Phi) is 4.15. The Hall–Kier alpha value is -2.28. The van der Waals surface area contributed by atoms with E-state index in [0.717, 1.165) is 23.7 Å². The molecule has 0 atom stereocenters. The zero-order valence-electron chi connectivity index (χ0n) is 11.8. The molecule has 1 aromatic heterocycles. The van der Waals surface area contributed by atoms with Gasteiger partial charge in [-0.15, -0.1) is 0 Å². The SMILES string of the molecule is O=C(Cn1cc2c(n1)CCOC2)NCc1cc(F)cc(F)c1. The molecule has 2 aromatic rings. The van der Waals surface area contributed by atoms with E-state index < -0.39 is 11.6 Å². The second-order valence-electron chi connectivity index (χ2n) is 5.16. The molecule has 0 spiro atoms. The van der Waals surface area contributed by atoms with Crippen molar-refractivity contribution in [1.82, 2.24) is 15.1 Å². The Bertz CT molecular complexity index is 656. The number of fused-ring (bicyclic) bond motifs is 1. The highest BCUT2D eigenvalue weighted by molar-refractivity contribution is 5.75. The van der Waals surface area contributed by atoms with Crippen LogP contribution in [0.15, 0.2) is 24.4 Å². The van der Waals surface area contributed by atoms with Gasteiger partial charge in [-0.1, -0.05) is 0 Å². The van der Waals surface area contributed by atoms with Crippen LogP contribution in [0.25, 0.3) is 0 Å². The number of ether oxygens (including phenoxy) is 1. The van der Waals surface area contributed by atoms with Crippen LogP contribution >= 0.6 is 0 Å². The van der Waals surface area contributed by atoms with Gasteiger partial charge in [-0.3, -0.25) is 9.48 Å². The van der Waals surface area contributed by atoms with Gasteiger partial charge in [0.05, 0.1) is 18.9 Å². The fourth-order valence-electron chi connectivity index (χ4n) is 2.38. The number of halogens is 2. The van der Waals surface area contributed by atoms with Crippen LogP contribution in [-0.2, 0) is 35.6 Å².